The largest absolute Gasteiger partial charge is 0.497 e. The molecule has 0 atom stereocenters. The first-order chi connectivity index (χ1) is 4.34. The molecule has 3 radical (unpaired) electrons. The molecule has 0 bridgehead atoms. The standard InChI is InChI=1S/C7H7OSi/c1-8-6-4-2-3-5-7(6)9/h2-5H,1H3. The van der Waals surface area contributed by atoms with Crippen molar-refractivity contribution in [2.24, 2.45) is 0 Å². The van der Waals surface area contributed by atoms with Crippen LogP contribution in [0.1, 0.15) is 0 Å². The maximum atomic E-state index is 5.00. The summed E-state index contributed by atoms with van der Waals surface area (Å²) >= 11 is 0. The molecule has 2 heteroatoms. The van der Waals surface area contributed by atoms with Crippen LogP contribution >= 0.6 is 0 Å². The van der Waals surface area contributed by atoms with Crippen molar-refractivity contribution in [2.75, 3.05) is 7.11 Å². The summed E-state index contributed by atoms with van der Waals surface area (Å²) < 4.78 is 5.00. The van der Waals surface area contributed by atoms with Crippen molar-refractivity contribution in [2.45, 2.75) is 0 Å². The van der Waals surface area contributed by atoms with Crippen LogP contribution in [0.5, 0.6) is 5.75 Å². The first-order valence-electron chi connectivity index (χ1n) is 2.69. The third kappa shape index (κ3) is 1.33. The second-order valence-corrected chi connectivity index (χ2v) is 2.24. The zero-order chi connectivity index (χ0) is 6.69. The van der Waals surface area contributed by atoms with Gasteiger partial charge in [0.2, 0.25) is 0 Å². The first-order valence-corrected chi connectivity index (χ1v) is 3.19. The number of benzene rings is 1. The Kier molecular flexibility index (Phi) is 1.90. The highest BCUT2D eigenvalue weighted by Crippen LogP contribution is 2.01. The van der Waals surface area contributed by atoms with Crippen LogP contribution in [0.15, 0.2) is 24.3 Å². The van der Waals surface area contributed by atoms with E-state index in [1.807, 2.05) is 24.3 Å². The van der Waals surface area contributed by atoms with Crippen molar-refractivity contribution in [1.29, 1.82) is 0 Å². The van der Waals surface area contributed by atoms with E-state index in [-0.39, 0.29) is 0 Å². The molecule has 0 aliphatic heterocycles. The molecule has 0 saturated carbocycles. The topological polar surface area (TPSA) is 9.23 Å². The first kappa shape index (κ1) is 6.36. The van der Waals surface area contributed by atoms with Crippen molar-refractivity contribution in [3.8, 4) is 5.75 Å². The quantitative estimate of drug-likeness (QED) is 0.509. The lowest BCUT2D eigenvalue weighted by Crippen LogP contribution is -2.05. The van der Waals surface area contributed by atoms with Gasteiger partial charge < -0.3 is 4.74 Å². The summed E-state index contributed by atoms with van der Waals surface area (Å²) in [5, 5.41) is 0.986. The minimum absolute atomic E-state index is 0.870. The van der Waals surface area contributed by atoms with Gasteiger partial charge in [0.25, 0.3) is 0 Å². The average Bonchev–Trinajstić information content (AvgIpc) is 1.89. The Morgan fingerprint density at radius 1 is 1.33 bits per heavy atom. The van der Waals surface area contributed by atoms with Gasteiger partial charge in [-0.1, -0.05) is 18.2 Å². The van der Waals surface area contributed by atoms with E-state index in [9.17, 15) is 0 Å². The Hall–Kier alpha value is -0.763. The van der Waals surface area contributed by atoms with E-state index in [4.69, 9.17) is 4.74 Å². The minimum atomic E-state index is 0.870. The molecule has 0 N–H and O–H groups in total. The third-order valence-electron chi connectivity index (χ3n) is 1.11. The molecular formula is C7H7OSi. The zero-order valence-corrected chi connectivity index (χ0v) is 6.22. The Morgan fingerprint density at radius 2 is 2.00 bits per heavy atom. The predicted octanol–water partition coefficient (Wildman–Crippen LogP) is 0.489. The Labute approximate surface area is 58.1 Å². The van der Waals surface area contributed by atoms with Gasteiger partial charge >= 0.3 is 0 Å². The average molecular weight is 135 g/mol. The van der Waals surface area contributed by atoms with Gasteiger partial charge in [-0.05, 0) is 11.3 Å². The molecule has 0 unspecified atom stereocenters. The van der Waals surface area contributed by atoms with Crippen LogP contribution in [0.4, 0.5) is 0 Å². The second kappa shape index (κ2) is 2.69. The molecule has 0 amide bonds. The summed E-state index contributed by atoms with van der Waals surface area (Å²) in [5.74, 6) is 0.870. The highest BCUT2D eigenvalue weighted by molar-refractivity contribution is 6.34. The van der Waals surface area contributed by atoms with Gasteiger partial charge in [-0.25, -0.2) is 0 Å². The molecule has 1 rings (SSSR count). The normalized spacial score (nSPS) is 9.11. The van der Waals surface area contributed by atoms with Crippen LogP contribution in [0.2, 0.25) is 0 Å². The summed E-state index contributed by atoms with van der Waals surface area (Å²) in [6.07, 6.45) is 0. The maximum absolute atomic E-state index is 5.00. The van der Waals surface area contributed by atoms with Gasteiger partial charge in [0.05, 0.1) is 17.4 Å². The van der Waals surface area contributed by atoms with E-state index < -0.39 is 0 Å². The van der Waals surface area contributed by atoms with Crippen LogP contribution in [-0.4, -0.2) is 17.4 Å². The molecule has 0 aliphatic rings. The van der Waals surface area contributed by atoms with Crippen molar-refractivity contribution < 1.29 is 4.74 Å². The SMILES string of the molecule is COc1ccccc1[Si]. The molecule has 0 spiro atoms. The number of ether oxygens (including phenoxy) is 1. The summed E-state index contributed by atoms with van der Waals surface area (Å²) in [5.41, 5.74) is 0. The second-order valence-electron chi connectivity index (χ2n) is 1.70. The van der Waals surface area contributed by atoms with Gasteiger partial charge in [0.1, 0.15) is 5.75 Å². The highest BCUT2D eigenvalue weighted by atomic mass is 28.1. The molecule has 1 aromatic rings. The molecule has 0 aromatic heterocycles. The molecule has 0 aliphatic carbocycles. The minimum Gasteiger partial charge on any atom is -0.497 e. The van der Waals surface area contributed by atoms with Gasteiger partial charge in [0.15, 0.2) is 0 Å². The Morgan fingerprint density at radius 3 is 2.44 bits per heavy atom. The summed E-state index contributed by atoms with van der Waals surface area (Å²) in [4.78, 5) is 0. The van der Waals surface area contributed by atoms with E-state index in [1.165, 1.54) is 0 Å². The number of rotatable bonds is 1. The zero-order valence-electron chi connectivity index (χ0n) is 5.22. The maximum Gasteiger partial charge on any atom is 0.117 e. The summed E-state index contributed by atoms with van der Waals surface area (Å²) in [6.45, 7) is 0. The van der Waals surface area contributed by atoms with E-state index in [1.54, 1.807) is 7.11 Å². The molecule has 9 heavy (non-hydrogen) atoms. The lowest BCUT2D eigenvalue weighted by atomic mass is 10.3. The van der Waals surface area contributed by atoms with Crippen molar-refractivity contribution in [3.63, 3.8) is 0 Å². The highest BCUT2D eigenvalue weighted by Gasteiger charge is 1.91. The lowest BCUT2D eigenvalue weighted by molar-refractivity contribution is 0.418. The fraction of sp³-hybridized carbons (Fsp3) is 0.143. The number of hydrogen-bond donors (Lipinski definition) is 0. The monoisotopic (exact) mass is 135 g/mol. The Bertz CT molecular complexity index is 198. The summed E-state index contributed by atoms with van der Waals surface area (Å²) in [7, 11) is 5.03. The third-order valence-corrected chi connectivity index (χ3v) is 1.52. The number of methoxy groups -OCH3 is 1. The Balaban J connectivity index is 3.01. The van der Waals surface area contributed by atoms with E-state index in [0.29, 0.717) is 0 Å². The fourth-order valence-electron chi connectivity index (χ4n) is 0.645. The van der Waals surface area contributed by atoms with Gasteiger partial charge in [0, 0.05) is 0 Å². The molecule has 1 aromatic carbocycles. The van der Waals surface area contributed by atoms with Gasteiger partial charge in [-0.3, -0.25) is 0 Å². The van der Waals surface area contributed by atoms with E-state index in [0.717, 1.165) is 10.9 Å². The van der Waals surface area contributed by atoms with Crippen LogP contribution in [0, 0.1) is 0 Å². The molecule has 0 saturated heterocycles. The van der Waals surface area contributed by atoms with E-state index in [2.05, 4.69) is 10.2 Å². The fourth-order valence-corrected chi connectivity index (χ4v) is 0.926. The smallest absolute Gasteiger partial charge is 0.117 e. The predicted molar refractivity (Wildman–Crippen MR) is 38.4 cm³/mol. The van der Waals surface area contributed by atoms with Crippen molar-refractivity contribution in [3.05, 3.63) is 24.3 Å². The van der Waals surface area contributed by atoms with Gasteiger partial charge in [-0.15, -0.1) is 0 Å². The van der Waals surface area contributed by atoms with E-state index >= 15 is 0 Å². The molecule has 1 nitrogen and oxygen atoms in total. The molecule has 0 fully saturated rings. The van der Waals surface area contributed by atoms with Crippen LogP contribution < -0.4 is 9.92 Å². The molecular weight excluding hydrogens is 128 g/mol. The van der Waals surface area contributed by atoms with Crippen LogP contribution in [0.25, 0.3) is 0 Å². The van der Waals surface area contributed by atoms with Gasteiger partial charge in [-0.2, -0.15) is 0 Å². The van der Waals surface area contributed by atoms with Crippen molar-refractivity contribution >= 4 is 15.4 Å². The number of para-hydroxylation sites is 1. The number of hydrogen-bond acceptors (Lipinski definition) is 1. The molecule has 45 valence electrons. The molecule has 0 heterocycles. The van der Waals surface area contributed by atoms with Crippen molar-refractivity contribution in [1.82, 2.24) is 0 Å². The lowest BCUT2D eigenvalue weighted by Gasteiger charge is -2.00. The van der Waals surface area contributed by atoms with Crippen LogP contribution in [-0.2, 0) is 0 Å². The summed E-state index contributed by atoms with van der Waals surface area (Å²) in [6, 6.07) is 7.73. The van der Waals surface area contributed by atoms with Crippen LogP contribution in [0.3, 0.4) is 0 Å².